The van der Waals surface area contributed by atoms with Crippen LogP contribution < -0.4 is 5.32 Å². The fourth-order valence-electron chi connectivity index (χ4n) is 2.61. The second-order valence-electron chi connectivity index (χ2n) is 5.76. The highest BCUT2D eigenvalue weighted by Gasteiger charge is 2.34. The normalized spacial score (nSPS) is 11.5. The Morgan fingerprint density at radius 3 is 2.52 bits per heavy atom. The highest BCUT2D eigenvalue weighted by molar-refractivity contribution is 7.98. The molecule has 0 radical (unpaired) electrons. The van der Waals surface area contributed by atoms with Crippen LogP contribution in [-0.4, -0.2) is 26.9 Å². The molecule has 0 fully saturated rings. The minimum absolute atomic E-state index is 0.140. The summed E-state index contributed by atoms with van der Waals surface area (Å²) in [7, 11) is 0. The quantitative estimate of drug-likeness (QED) is 0.528. The minimum Gasteiger partial charge on any atom is -0.345 e. The number of aromatic nitrogens is 3. The topological polar surface area (TPSA) is 59.8 Å². The molecule has 2 aromatic carbocycles. The summed E-state index contributed by atoms with van der Waals surface area (Å²) in [4.78, 5) is 12.4. The minimum atomic E-state index is -4.64. The molecule has 1 amide bonds. The van der Waals surface area contributed by atoms with Crippen LogP contribution in [0.3, 0.4) is 0 Å². The molecular weight excluding hydrogens is 448 g/mol. The van der Waals surface area contributed by atoms with Gasteiger partial charge in [0, 0.05) is 0 Å². The van der Waals surface area contributed by atoms with E-state index in [0.29, 0.717) is 26.7 Å². The van der Waals surface area contributed by atoms with Crippen LogP contribution >= 0.6 is 35.0 Å². The summed E-state index contributed by atoms with van der Waals surface area (Å²) in [6, 6.07) is 9.48. The molecule has 3 aromatic rings. The van der Waals surface area contributed by atoms with E-state index >= 15 is 0 Å². The summed E-state index contributed by atoms with van der Waals surface area (Å²) in [5.41, 5.74) is -0.868. The number of hydrogen-bond donors (Lipinski definition) is 1. The van der Waals surface area contributed by atoms with Gasteiger partial charge >= 0.3 is 6.18 Å². The summed E-state index contributed by atoms with van der Waals surface area (Å²) in [6.45, 7) is -0.140. The average Bonchev–Trinajstić information content (AvgIpc) is 3.10. The van der Waals surface area contributed by atoms with Crippen molar-refractivity contribution in [1.82, 2.24) is 20.1 Å². The predicted octanol–water partition coefficient (Wildman–Crippen LogP) is 5.24. The van der Waals surface area contributed by atoms with E-state index in [1.54, 1.807) is 29.0 Å². The molecule has 1 N–H and O–H groups in total. The lowest BCUT2D eigenvalue weighted by molar-refractivity contribution is -0.137. The van der Waals surface area contributed by atoms with Crippen molar-refractivity contribution in [2.24, 2.45) is 0 Å². The van der Waals surface area contributed by atoms with Gasteiger partial charge in [0.2, 0.25) is 0 Å². The third-order valence-electron chi connectivity index (χ3n) is 3.93. The summed E-state index contributed by atoms with van der Waals surface area (Å²) in [5.74, 6) is -0.544. The number of carbonyl (C=O) groups is 1. The zero-order valence-corrected chi connectivity index (χ0v) is 17.1. The van der Waals surface area contributed by atoms with Crippen LogP contribution in [-0.2, 0) is 12.7 Å². The number of nitrogens with zero attached hydrogens (tertiary/aromatic N) is 3. The molecule has 1 heterocycles. The molecule has 152 valence electrons. The first-order valence-corrected chi connectivity index (χ1v) is 10.1. The van der Waals surface area contributed by atoms with E-state index in [0.717, 1.165) is 12.1 Å². The number of rotatable bonds is 5. The fourth-order valence-corrected chi connectivity index (χ4v) is 3.42. The van der Waals surface area contributed by atoms with Crippen LogP contribution in [0.15, 0.2) is 47.6 Å². The maximum atomic E-state index is 13.1. The van der Waals surface area contributed by atoms with Crippen molar-refractivity contribution in [3.8, 4) is 5.69 Å². The third kappa shape index (κ3) is 4.68. The number of thioether (sulfide) groups is 1. The molecule has 0 bridgehead atoms. The first kappa shape index (κ1) is 21.5. The largest absolute Gasteiger partial charge is 0.417 e. The Morgan fingerprint density at radius 1 is 1.14 bits per heavy atom. The Morgan fingerprint density at radius 2 is 1.86 bits per heavy atom. The van der Waals surface area contributed by atoms with Gasteiger partial charge in [-0.15, -0.1) is 10.2 Å². The van der Waals surface area contributed by atoms with Crippen LogP contribution in [0.5, 0.6) is 0 Å². The highest BCUT2D eigenvalue weighted by atomic mass is 35.5. The smallest absolute Gasteiger partial charge is 0.345 e. The second-order valence-corrected chi connectivity index (χ2v) is 7.35. The molecule has 0 atom stereocenters. The standard InChI is InChI=1S/C18H13Cl2F3N4OS/c1-29-17-26-25-15(27(17)10-6-7-13(19)14(20)8-10)9-24-16(28)11-4-2-3-5-12(11)18(21,22)23/h2-8H,9H2,1H3,(H,24,28). The van der Waals surface area contributed by atoms with Crippen molar-refractivity contribution >= 4 is 40.9 Å². The number of amides is 1. The van der Waals surface area contributed by atoms with Crippen molar-refractivity contribution in [2.45, 2.75) is 17.9 Å². The van der Waals surface area contributed by atoms with Gasteiger partial charge in [-0.25, -0.2) is 0 Å². The van der Waals surface area contributed by atoms with Crippen LogP contribution in [0.25, 0.3) is 5.69 Å². The second kappa shape index (κ2) is 8.64. The molecule has 29 heavy (non-hydrogen) atoms. The van der Waals surface area contributed by atoms with Gasteiger partial charge in [0.1, 0.15) is 0 Å². The van der Waals surface area contributed by atoms with E-state index in [9.17, 15) is 18.0 Å². The van der Waals surface area contributed by atoms with Gasteiger partial charge in [-0.1, -0.05) is 47.1 Å². The van der Waals surface area contributed by atoms with Gasteiger partial charge in [0.15, 0.2) is 11.0 Å². The van der Waals surface area contributed by atoms with Crippen molar-refractivity contribution in [1.29, 1.82) is 0 Å². The zero-order valence-electron chi connectivity index (χ0n) is 14.8. The number of benzene rings is 2. The van der Waals surface area contributed by atoms with Crippen LogP contribution in [0.4, 0.5) is 13.2 Å². The molecular formula is C18H13Cl2F3N4OS. The van der Waals surface area contributed by atoms with Gasteiger partial charge in [-0.2, -0.15) is 13.2 Å². The van der Waals surface area contributed by atoms with Gasteiger partial charge in [-0.05, 0) is 36.6 Å². The van der Waals surface area contributed by atoms with E-state index in [4.69, 9.17) is 23.2 Å². The average molecular weight is 461 g/mol. The highest BCUT2D eigenvalue weighted by Crippen LogP contribution is 2.32. The van der Waals surface area contributed by atoms with Crippen molar-refractivity contribution < 1.29 is 18.0 Å². The summed E-state index contributed by atoms with van der Waals surface area (Å²) in [6.07, 6.45) is -2.85. The molecule has 1 aromatic heterocycles. The molecule has 0 aliphatic heterocycles. The van der Waals surface area contributed by atoms with E-state index in [1.807, 2.05) is 0 Å². The number of halogens is 5. The molecule has 0 saturated heterocycles. The van der Waals surface area contributed by atoms with Crippen molar-refractivity contribution in [3.63, 3.8) is 0 Å². The summed E-state index contributed by atoms with van der Waals surface area (Å²) in [5, 5.41) is 11.7. The van der Waals surface area contributed by atoms with Gasteiger partial charge in [0.25, 0.3) is 5.91 Å². The lowest BCUT2D eigenvalue weighted by Crippen LogP contribution is -2.27. The Balaban J connectivity index is 1.88. The maximum absolute atomic E-state index is 13.1. The monoisotopic (exact) mass is 460 g/mol. The molecule has 11 heteroatoms. The molecule has 0 spiro atoms. The van der Waals surface area contributed by atoms with E-state index in [2.05, 4.69) is 15.5 Å². The van der Waals surface area contributed by atoms with E-state index in [1.165, 1.54) is 23.9 Å². The van der Waals surface area contributed by atoms with Gasteiger partial charge < -0.3 is 5.32 Å². The Bertz CT molecular complexity index is 1060. The number of hydrogen-bond acceptors (Lipinski definition) is 4. The van der Waals surface area contributed by atoms with Crippen molar-refractivity contribution in [3.05, 3.63) is 69.5 Å². The van der Waals surface area contributed by atoms with E-state index in [-0.39, 0.29) is 6.54 Å². The van der Waals surface area contributed by atoms with Crippen LogP contribution in [0.2, 0.25) is 10.0 Å². The lowest BCUT2D eigenvalue weighted by atomic mass is 10.1. The van der Waals surface area contributed by atoms with E-state index < -0.39 is 23.2 Å². The maximum Gasteiger partial charge on any atom is 0.417 e. The first-order chi connectivity index (χ1) is 13.7. The number of carbonyl (C=O) groups excluding carboxylic acids is 1. The first-order valence-electron chi connectivity index (χ1n) is 8.10. The summed E-state index contributed by atoms with van der Waals surface area (Å²) < 4.78 is 41.1. The molecule has 3 rings (SSSR count). The molecule has 0 unspecified atom stereocenters. The Kier molecular flexibility index (Phi) is 6.40. The third-order valence-corrected chi connectivity index (χ3v) is 5.30. The number of alkyl halides is 3. The van der Waals surface area contributed by atoms with Gasteiger partial charge in [0.05, 0.1) is 33.4 Å². The predicted molar refractivity (Wildman–Crippen MR) is 106 cm³/mol. The van der Waals surface area contributed by atoms with Gasteiger partial charge in [-0.3, -0.25) is 9.36 Å². The Hall–Kier alpha value is -2.23. The zero-order chi connectivity index (χ0) is 21.2. The molecule has 5 nitrogen and oxygen atoms in total. The van der Waals surface area contributed by atoms with Crippen molar-refractivity contribution in [2.75, 3.05) is 6.26 Å². The molecule has 0 aliphatic rings. The molecule has 0 saturated carbocycles. The van der Waals surface area contributed by atoms with Crippen LogP contribution in [0, 0.1) is 0 Å². The molecule has 0 aliphatic carbocycles. The number of nitrogens with one attached hydrogen (secondary N) is 1. The fraction of sp³-hybridized carbons (Fsp3) is 0.167. The Labute approximate surface area is 178 Å². The SMILES string of the molecule is CSc1nnc(CNC(=O)c2ccccc2C(F)(F)F)n1-c1ccc(Cl)c(Cl)c1. The summed E-state index contributed by atoms with van der Waals surface area (Å²) >= 11 is 13.3. The van der Waals surface area contributed by atoms with Crippen LogP contribution in [0.1, 0.15) is 21.7 Å². The lowest BCUT2D eigenvalue weighted by Gasteiger charge is -2.13.